The molecule has 1 atom stereocenters. The van der Waals surface area contributed by atoms with Crippen molar-refractivity contribution in [2.24, 2.45) is 0 Å². The maximum absolute atomic E-state index is 13.5. The van der Waals surface area contributed by atoms with E-state index in [1.54, 1.807) is 19.3 Å². The van der Waals surface area contributed by atoms with Crippen LogP contribution in [-0.4, -0.2) is 28.7 Å². The van der Waals surface area contributed by atoms with Crippen LogP contribution < -0.4 is 0 Å². The van der Waals surface area contributed by atoms with E-state index in [1.807, 2.05) is 13.0 Å². The first kappa shape index (κ1) is 16.3. The number of carbonyl (C=O) groups is 1. The maximum atomic E-state index is 13.5. The average Bonchev–Trinajstić information content (AvgIpc) is 3.04. The molecule has 0 unspecified atom stereocenters. The minimum atomic E-state index is -0.549. The van der Waals surface area contributed by atoms with Crippen molar-refractivity contribution in [3.63, 3.8) is 0 Å². The molecule has 2 aromatic rings. The molecule has 0 radical (unpaired) electrons. The summed E-state index contributed by atoms with van der Waals surface area (Å²) in [5, 5.41) is 17.7. The maximum Gasteiger partial charge on any atom is 0.228 e. The normalized spacial score (nSPS) is 21.0. The number of carbonyl (C=O) groups excluding carboxylic acids is 1. The van der Waals surface area contributed by atoms with Crippen LogP contribution in [0, 0.1) is 22.6 Å². The predicted octanol–water partition coefficient (Wildman–Crippen LogP) is 3.31. The summed E-state index contributed by atoms with van der Waals surface area (Å²) in [5.74, 6) is -0.370. The second-order valence-corrected chi connectivity index (χ2v) is 7.18. The molecule has 0 spiro atoms. The van der Waals surface area contributed by atoms with Crippen molar-refractivity contribution in [1.82, 2.24) is 9.88 Å². The molecule has 0 saturated carbocycles. The van der Waals surface area contributed by atoms with Gasteiger partial charge in [-0.05, 0) is 17.7 Å². The Bertz CT molecular complexity index is 865. The fourth-order valence-electron chi connectivity index (χ4n) is 2.76. The number of nitrogens with one attached hydrogen (secondary N) is 1. The van der Waals surface area contributed by atoms with Crippen molar-refractivity contribution in [1.29, 1.82) is 10.7 Å². The van der Waals surface area contributed by atoms with Gasteiger partial charge in [0.1, 0.15) is 17.7 Å². The van der Waals surface area contributed by atoms with Crippen LogP contribution in [0.15, 0.2) is 24.4 Å². The Morgan fingerprint density at radius 2 is 2.21 bits per heavy atom. The van der Waals surface area contributed by atoms with E-state index in [4.69, 9.17) is 10.7 Å². The number of benzene rings is 1. The molecule has 1 saturated heterocycles. The quantitative estimate of drug-likeness (QED) is 0.909. The fourth-order valence-corrected chi connectivity index (χ4v) is 3.81. The van der Waals surface area contributed by atoms with Gasteiger partial charge in [-0.1, -0.05) is 13.0 Å². The third-order valence-electron chi connectivity index (χ3n) is 4.27. The summed E-state index contributed by atoms with van der Waals surface area (Å²) in [4.78, 5) is 18.7. The first-order chi connectivity index (χ1) is 11.3. The zero-order valence-corrected chi connectivity index (χ0v) is 14.1. The summed E-state index contributed by atoms with van der Waals surface area (Å²) in [7, 11) is 1.61. The minimum absolute atomic E-state index is 0.00934. The van der Waals surface area contributed by atoms with Gasteiger partial charge in [-0.15, -0.1) is 11.3 Å². The van der Waals surface area contributed by atoms with E-state index < -0.39 is 11.2 Å². The van der Waals surface area contributed by atoms with E-state index >= 15 is 0 Å². The topological polar surface area (TPSA) is 80.8 Å². The number of nitriles is 1. The summed E-state index contributed by atoms with van der Waals surface area (Å²) in [6.07, 6.45) is 2.41. The lowest BCUT2D eigenvalue weighted by Gasteiger charge is -2.36. The first-order valence-corrected chi connectivity index (χ1v) is 8.16. The summed E-state index contributed by atoms with van der Waals surface area (Å²) >= 11 is 1.41. The molecule has 1 aromatic carbocycles. The molecule has 7 heteroatoms. The number of piperidine rings is 1. The lowest BCUT2D eigenvalue weighted by molar-refractivity contribution is -0.128. The Kier molecular flexibility index (Phi) is 3.93. The molecule has 122 valence electrons. The van der Waals surface area contributed by atoms with Crippen molar-refractivity contribution in [3.8, 4) is 16.5 Å². The highest BCUT2D eigenvalue weighted by Crippen LogP contribution is 2.40. The number of rotatable bonds is 2. The van der Waals surface area contributed by atoms with Crippen LogP contribution in [0.3, 0.4) is 0 Å². The second-order valence-electron chi connectivity index (χ2n) is 6.15. The first-order valence-electron chi connectivity index (χ1n) is 7.34. The molecule has 1 amide bonds. The van der Waals surface area contributed by atoms with E-state index in [0.717, 1.165) is 15.4 Å². The Balaban J connectivity index is 1.95. The number of amides is 1. The molecule has 2 heterocycles. The molecule has 1 aliphatic heterocycles. The second kappa shape index (κ2) is 5.80. The number of hydrogen-bond donors (Lipinski definition) is 1. The molecule has 1 aliphatic rings. The van der Waals surface area contributed by atoms with Gasteiger partial charge in [0.05, 0.1) is 15.4 Å². The van der Waals surface area contributed by atoms with E-state index in [1.165, 1.54) is 28.4 Å². The van der Waals surface area contributed by atoms with Crippen LogP contribution in [0.2, 0.25) is 0 Å². The van der Waals surface area contributed by atoms with Crippen LogP contribution in [0.1, 0.15) is 30.3 Å². The molecular weight excluding hydrogens is 327 g/mol. The molecule has 1 aromatic heterocycles. The van der Waals surface area contributed by atoms with E-state index in [2.05, 4.69) is 4.98 Å². The van der Waals surface area contributed by atoms with Gasteiger partial charge in [0.2, 0.25) is 5.91 Å². The number of hydrogen-bond acceptors (Lipinski definition) is 5. The number of thiazole rings is 1. The summed E-state index contributed by atoms with van der Waals surface area (Å²) in [5.41, 5.74) is 0.196. The SMILES string of the molecule is CN1C(=N)C[C@](C)(c2ncc(-c3ccc(F)c(C#N)c3)s2)CC1=O. The van der Waals surface area contributed by atoms with Crippen LogP contribution in [0.4, 0.5) is 4.39 Å². The number of halogens is 1. The third kappa shape index (κ3) is 2.69. The lowest BCUT2D eigenvalue weighted by Crippen LogP contribution is -2.46. The molecule has 1 N–H and O–H groups in total. The Morgan fingerprint density at radius 3 is 2.88 bits per heavy atom. The van der Waals surface area contributed by atoms with Crippen LogP contribution in [-0.2, 0) is 10.2 Å². The molecule has 0 aliphatic carbocycles. The summed E-state index contributed by atoms with van der Waals surface area (Å²) in [6.45, 7) is 1.93. The molecule has 5 nitrogen and oxygen atoms in total. The van der Waals surface area contributed by atoms with Gasteiger partial charge in [-0.2, -0.15) is 5.26 Å². The van der Waals surface area contributed by atoms with E-state index in [-0.39, 0.29) is 17.3 Å². The third-order valence-corrected chi connectivity index (χ3v) is 5.62. The number of nitrogens with zero attached hydrogens (tertiary/aromatic N) is 3. The predicted molar refractivity (Wildman–Crippen MR) is 89.3 cm³/mol. The van der Waals surface area contributed by atoms with Gasteiger partial charge < -0.3 is 4.90 Å². The largest absolute Gasteiger partial charge is 0.304 e. The van der Waals surface area contributed by atoms with Crippen molar-refractivity contribution >= 4 is 23.1 Å². The number of aromatic nitrogens is 1. The smallest absolute Gasteiger partial charge is 0.228 e. The number of likely N-dealkylation sites (tertiary alicyclic amines) is 1. The van der Waals surface area contributed by atoms with Gasteiger partial charge in [-0.3, -0.25) is 10.2 Å². The summed E-state index contributed by atoms with van der Waals surface area (Å²) in [6, 6.07) is 6.20. The van der Waals surface area contributed by atoms with Gasteiger partial charge >= 0.3 is 0 Å². The van der Waals surface area contributed by atoms with Gasteiger partial charge in [0, 0.05) is 31.5 Å². The van der Waals surface area contributed by atoms with Crippen molar-refractivity contribution < 1.29 is 9.18 Å². The molecule has 0 bridgehead atoms. The number of amidine groups is 1. The zero-order valence-electron chi connectivity index (χ0n) is 13.3. The van der Waals surface area contributed by atoms with Gasteiger partial charge in [0.25, 0.3) is 0 Å². The van der Waals surface area contributed by atoms with E-state index in [9.17, 15) is 9.18 Å². The van der Waals surface area contributed by atoms with E-state index in [0.29, 0.717) is 12.8 Å². The monoisotopic (exact) mass is 342 g/mol. The van der Waals surface area contributed by atoms with Gasteiger partial charge in [-0.25, -0.2) is 9.37 Å². The Hall–Kier alpha value is -2.59. The van der Waals surface area contributed by atoms with Crippen LogP contribution in [0.5, 0.6) is 0 Å². The van der Waals surface area contributed by atoms with Crippen LogP contribution in [0.25, 0.3) is 10.4 Å². The molecule has 24 heavy (non-hydrogen) atoms. The van der Waals surface area contributed by atoms with Crippen LogP contribution >= 0.6 is 11.3 Å². The Morgan fingerprint density at radius 1 is 1.46 bits per heavy atom. The average molecular weight is 342 g/mol. The molecule has 3 rings (SSSR count). The lowest BCUT2D eigenvalue weighted by atomic mass is 9.80. The standard InChI is InChI=1S/C17H15FN4OS/c1-17(6-14(20)22(2)15(23)7-17)16-21-9-13(24-16)10-3-4-12(18)11(5-10)8-19/h3-5,9,20H,6-7H2,1-2H3/t17-/m0/s1. The minimum Gasteiger partial charge on any atom is -0.304 e. The van der Waals surface area contributed by atoms with Crippen molar-refractivity contribution in [3.05, 3.63) is 40.8 Å². The summed E-state index contributed by atoms with van der Waals surface area (Å²) < 4.78 is 13.5. The van der Waals surface area contributed by atoms with Crippen molar-refractivity contribution in [2.75, 3.05) is 7.05 Å². The molecular formula is C17H15FN4OS. The fraction of sp³-hybridized carbons (Fsp3) is 0.294. The Labute approximate surface area is 142 Å². The highest BCUT2D eigenvalue weighted by Gasteiger charge is 2.40. The van der Waals surface area contributed by atoms with Gasteiger partial charge in [0.15, 0.2) is 0 Å². The molecule has 1 fully saturated rings. The zero-order chi connectivity index (χ0) is 17.5. The highest BCUT2D eigenvalue weighted by molar-refractivity contribution is 7.15. The van der Waals surface area contributed by atoms with Crippen molar-refractivity contribution in [2.45, 2.75) is 25.2 Å². The highest BCUT2D eigenvalue weighted by atomic mass is 32.1.